The zero-order valence-electron chi connectivity index (χ0n) is 15.0. The number of ether oxygens (including phenoxy) is 2. The van der Waals surface area contributed by atoms with Crippen molar-refractivity contribution in [3.8, 4) is 11.8 Å². The third kappa shape index (κ3) is 5.30. The molecule has 0 radical (unpaired) electrons. The van der Waals surface area contributed by atoms with Crippen LogP contribution in [-0.4, -0.2) is 58.8 Å². The molecule has 2 aromatic rings. The Morgan fingerprint density at radius 3 is 2.65 bits per heavy atom. The smallest absolute Gasteiger partial charge is 0.272 e. The number of hydrogen-bond donors (Lipinski definition) is 1. The van der Waals surface area contributed by atoms with Crippen LogP contribution < -0.4 is 4.74 Å². The second kappa shape index (κ2) is 8.66. The van der Waals surface area contributed by atoms with E-state index in [1.165, 1.54) is 12.1 Å². The highest BCUT2D eigenvalue weighted by Crippen LogP contribution is 2.33. The second-order valence-corrected chi connectivity index (χ2v) is 11.2. The van der Waals surface area contributed by atoms with Gasteiger partial charge in [-0.2, -0.15) is 5.26 Å². The standard InChI is InChI=1S/C17H23F2N3O3S/c1-26(2,3)5-4-24-11-22-14-7-15(25-10-16(18)19)12(8-20)6-13(14)21-17(22)9-23/h6-7,16,23H,4-5,9-11H2,1-3H3. The number of aliphatic hydroxyl groups excluding tert-OH is 1. The Bertz CT molecular complexity index is 797. The van der Waals surface area contributed by atoms with Gasteiger partial charge in [0.1, 0.15) is 37.6 Å². The van der Waals surface area contributed by atoms with Crippen LogP contribution in [0.2, 0.25) is 0 Å². The Kier molecular flexibility index (Phi) is 6.81. The first-order valence-corrected chi connectivity index (χ1v) is 11.0. The second-order valence-electron chi connectivity index (χ2n) is 6.60. The third-order valence-corrected chi connectivity index (χ3v) is 5.01. The van der Waals surface area contributed by atoms with Gasteiger partial charge in [0.05, 0.1) is 23.2 Å². The Labute approximate surface area is 152 Å². The molecule has 0 atom stereocenters. The molecule has 0 aliphatic rings. The SMILES string of the molecule is CS(C)(C)CCOCn1c(CO)nc2cc(C#N)c(OCC(F)F)cc21. The molecule has 0 saturated carbocycles. The fraction of sp³-hybridized carbons (Fsp3) is 0.529. The van der Waals surface area contributed by atoms with Gasteiger partial charge in [-0.3, -0.25) is 0 Å². The van der Waals surface area contributed by atoms with E-state index in [9.17, 15) is 19.1 Å². The van der Waals surface area contributed by atoms with Crippen LogP contribution in [0.3, 0.4) is 0 Å². The summed E-state index contributed by atoms with van der Waals surface area (Å²) in [6.07, 6.45) is 3.94. The van der Waals surface area contributed by atoms with Gasteiger partial charge in [0.2, 0.25) is 0 Å². The number of aromatic nitrogens is 2. The quantitative estimate of drug-likeness (QED) is 0.669. The summed E-state index contributed by atoms with van der Waals surface area (Å²) in [6.45, 7) is -0.375. The Hall–Kier alpha value is -1.89. The summed E-state index contributed by atoms with van der Waals surface area (Å²) in [7, 11) is -0.681. The fourth-order valence-corrected chi connectivity index (χ4v) is 2.91. The van der Waals surface area contributed by atoms with Gasteiger partial charge >= 0.3 is 0 Å². The minimum absolute atomic E-state index is 0.0603. The van der Waals surface area contributed by atoms with Gasteiger partial charge in [-0.05, 0) is 24.8 Å². The molecule has 0 saturated heterocycles. The molecule has 0 aliphatic carbocycles. The van der Waals surface area contributed by atoms with Crippen LogP contribution in [0.5, 0.6) is 5.75 Å². The molecule has 1 aromatic carbocycles. The van der Waals surface area contributed by atoms with Gasteiger partial charge in [-0.15, -0.1) is 0 Å². The van der Waals surface area contributed by atoms with Crippen LogP contribution in [0.25, 0.3) is 11.0 Å². The number of hydrogen-bond acceptors (Lipinski definition) is 5. The van der Waals surface area contributed by atoms with Crippen LogP contribution in [0.4, 0.5) is 8.78 Å². The van der Waals surface area contributed by atoms with Gasteiger partial charge in [0.25, 0.3) is 6.43 Å². The van der Waals surface area contributed by atoms with Crippen molar-refractivity contribution in [3.63, 3.8) is 0 Å². The van der Waals surface area contributed by atoms with Crippen molar-refractivity contribution < 1.29 is 23.4 Å². The van der Waals surface area contributed by atoms with E-state index in [1.54, 1.807) is 4.57 Å². The van der Waals surface area contributed by atoms with Crippen molar-refractivity contribution in [2.24, 2.45) is 0 Å². The van der Waals surface area contributed by atoms with Gasteiger partial charge < -0.3 is 19.1 Å². The molecule has 1 heterocycles. The number of imidazole rings is 1. The number of rotatable bonds is 9. The van der Waals surface area contributed by atoms with Crippen molar-refractivity contribution in [2.45, 2.75) is 19.8 Å². The molecule has 0 fully saturated rings. The highest BCUT2D eigenvalue weighted by atomic mass is 32.3. The number of alkyl halides is 2. The maximum absolute atomic E-state index is 12.4. The predicted molar refractivity (Wildman–Crippen MR) is 98.1 cm³/mol. The summed E-state index contributed by atoms with van der Waals surface area (Å²) < 4.78 is 37.3. The van der Waals surface area contributed by atoms with E-state index >= 15 is 0 Å². The lowest BCUT2D eigenvalue weighted by Crippen LogP contribution is -2.12. The average molecular weight is 387 g/mol. The number of halogens is 2. The van der Waals surface area contributed by atoms with E-state index in [-0.39, 0.29) is 24.7 Å². The maximum Gasteiger partial charge on any atom is 0.272 e. The number of fused-ring (bicyclic) bond motifs is 1. The summed E-state index contributed by atoms with van der Waals surface area (Å²) in [6, 6.07) is 4.87. The number of aliphatic hydroxyl groups is 1. The van der Waals surface area contributed by atoms with Crippen molar-refractivity contribution in [2.75, 3.05) is 37.7 Å². The lowest BCUT2D eigenvalue weighted by atomic mass is 10.2. The lowest BCUT2D eigenvalue weighted by Gasteiger charge is -2.24. The zero-order valence-corrected chi connectivity index (χ0v) is 15.9. The van der Waals surface area contributed by atoms with Gasteiger partial charge in [-0.1, -0.05) is 0 Å². The molecule has 0 spiro atoms. The molecule has 1 aromatic heterocycles. The molecule has 0 aliphatic heterocycles. The first-order chi connectivity index (χ1) is 12.2. The molecule has 26 heavy (non-hydrogen) atoms. The normalized spacial score (nSPS) is 12.5. The van der Waals surface area contributed by atoms with Crippen molar-refractivity contribution in [3.05, 3.63) is 23.5 Å². The fourth-order valence-electron chi connectivity index (χ4n) is 2.29. The highest BCUT2D eigenvalue weighted by Gasteiger charge is 2.16. The van der Waals surface area contributed by atoms with Crippen molar-refractivity contribution >= 4 is 21.1 Å². The van der Waals surface area contributed by atoms with Crippen LogP contribution >= 0.6 is 10.0 Å². The molecule has 6 nitrogen and oxygen atoms in total. The molecule has 2 rings (SSSR count). The van der Waals surface area contributed by atoms with E-state index in [1.807, 2.05) is 6.07 Å². The van der Waals surface area contributed by atoms with E-state index in [4.69, 9.17) is 9.47 Å². The number of nitrogens with zero attached hydrogens (tertiary/aromatic N) is 3. The van der Waals surface area contributed by atoms with Crippen LogP contribution in [-0.2, 0) is 18.1 Å². The van der Waals surface area contributed by atoms with E-state index in [0.717, 1.165) is 5.75 Å². The average Bonchev–Trinajstić information content (AvgIpc) is 2.91. The van der Waals surface area contributed by atoms with Crippen LogP contribution in [0.1, 0.15) is 11.4 Å². The first kappa shape index (κ1) is 20.4. The van der Waals surface area contributed by atoms with Crippen LogP contribution in [0, 0.1) is 11.3 Å². The molecule has 0 bridgehead atoms. The van der Waals surface area contributed by atoms with Gasteiger partial charge in [-0.25, -0.2) is 23.8 Å². The minimum Gasteiger partial charge on any atom is -0.486 e. The maximum atomic E-state index is 12.4. The molecule has 0 amide bonds. The molecular formula is C17H23F2N3O3S. The number of benzene rings is 1. The molecule has 144 valence electrons. The molecule has 0 unspecified atom stereocenters. The topological polar surface area (TPSA) is 80.3 Å². The third-order valence-electron chi connectivity index (χ3n) is 3.62. The predicted octanol–water partition coefficient (Wildman–Crippen LogP) is 2.71. The van der Waals surface area contributed by atoms with Gasteiger partial charge in [0, 0.05) is 11.8 Å². The van der Waals surface area contributed by atoms with Gasteiger partial charge in [0.15, 0.2) is 0 Å². The number of nitriles is 1. The van der Waals surface area contributed by atoms with Crippen LogP contribution in [0.15, 0.2) is 12.1 Å². The summed E-state index contributed by atoms with van der Waals surface area (Å²) in [5, 5.41) is 18.7. The summed E-state index contributed by atoms with van der Waals surface area (Å²) in [5.41, 5.74) is 1.14. The summed E-state index contributed by atoms with van der Waals surface area (Å²) in [5.74, 6) is 1.37. The highest BCUT2D eigenvalue weighted by molar-refractivity contribution is 8.32. The largest absolute Gasteiger partial charge is 0.486 e. The van der Waals surface area contributed by atoms with E-state index in [0.29, 0.717) is 23.5 Å². The van der Waals surface area contributed by atoms with Crippen molar-refractivity contribution in [1.29, 1.82) is 5.26 Å². The van der Waals surface area contributed by atoms with Crippen molar-refractivity contribution in [1.82, 2.24) is 9.55 Å². The summed E-state index contributed by atoms with van der Waals surface area (Å²) in [4.78, 5) is 4.29. The monoisotopic (exact) mass is 387 g/mol. The summed E-state index contributed by atoms with van der Waals surface area (Å²) >= 11 is 0. The van der Waals surface area contributed by atoms with E-state index < -0.39 is 23.1 Å². The Balaban J connectivity index is 2.29. The zero-order chi connectivity index (χ0) is 19.3. The molecular weight excluding hydrogens is 364 g/mol. The minimum atomic E-state index is -2.64. The Morgan fingerprint density at radius 2 is 2.08 bits per heavy atom. The molecule has 9 heteroatoms. The molecule has 1 N–H and O–H groups in total. The first-order valence-electron chi connectivity index (χ1n) is 7.94. The Morgan fingerprint density at radius 1 is 1.35 bits per heavy atom. The van der Waals surface area contributed by atoms with E-state index in [2.05, 4.69) is 23.8 Å². The lowest BCUT2D eigenvalue weighted by molar-refractivity contribution is 0.0814.